The maximum atomic E-state index is 10.1. The van der Waals surface area contributed by atoms with Crippen LogP contribution in [0.3, 0.4) is 0 Å². The number of rotatable bonds is 5. The Morgan fingerprint density at radius 1 is 1.26 bits per heavy atom. The molecular formula is C14H23B2O7. The van der Waals surface area contributed by atoms with Gasteiger partial charge < -0.3 is 34.9 Å². The van der Waals surface area contributed by atoms with Gasteiger partial charge in [0, 0.05) is 12.5 Å². The van der Waals surface area contributed by atoms with Crippen LogP contribution in [-0.4, -0.2) is 89.6 Å². The lowest BCUT2D eigenvalue weighted by Crippen LogP contribution is -2.47. The third-order valence-corrected chi connectivity index (χ3v) is 5.04. The van der Waals surface area contributed by atoms with Crippen molar-refractivity contribution in [3.05, 3.63) is 12.2 Å². The molecule has 0 aromatic heterocycles. The minimum absolute atomic E-state index is 0.0115. The average Bonchev–Trinajstić information content (AvgIpc) is 2.79. The zero-order valence-corrected chi connectivity index (χ0v) is 13.3. The first-order valence-corrected chi connectivity index (χ1v) is 7.51. The molecule has 3 radical (unpaired) electrons. The van der Waals surface area contributed by atoms with Crippen molar-refractivity contribution >= 4 is 15.3 Å². The third-order valence-electron chi connectivity index (χ3n) is 5.04. The first-order chi connectivity index (χ1) is 10.5. The highest BCUT2D eigenvalue weighted by Gasteiger charge is 2.53. The lowest BCUT2D eigenvalue weighted by atomic mass is 9.74. The van der Waals surface area contributed by atoms with E-state index in [-0.39, 0.29) is 6.61 Å². The van der Waals surface area contributed by atoms with E-state index < -0.39 is 53.9 Å². The van der Waals surface area contributed by atoms with Crippen molar-refractivity contribution in [3.8, 4) is 0 Å². The van der Waals surface area contributed by atoms with Gasteiger partial charge in [-0.1, -0.05) is 12.2 Å². The van der Waals surface area contributed by atoms with Gasteiger partial charge in [-0.25, -0.2) is 0 Å². The van der Waals surface area contributed by atoms with Crippen molar-refractivity contribution in [2.24, 2.45) is 5.92 Å². The summed E-state index contributed by atoms with van der Waals surface area (Å²) in [5, 5.41) is 49.5. The van der Waals surface area contributed by atoms with E-state index in [1.807, 2.05) is 0 Å². The van der Waals surface area contributed by atoms with Gasteiger partial charge in [0.2, 0.25) is 0 Å². The summed E-state index contributed by atoms with van der Waals surface area (Å²) in [7, 11) is 7.03. The average molecular weight is 325 g/mol. The standard InChI is InChI=1S/C14H23B2O7/c1-6-7(10(18)14(3,21)9(6)15)5-22-16-12-11(19)13(2,20)8(4-17)23-12/h7-12,17-21H,1,4-5H2,2-3H3/t7-,8+,9+,10+,11-,12+,13-,14-/m0/s1. The topological polar surface area (TPSA) is 120 Å². The fourth-order valence-electron chi connectivity index (χ4n) is 3.11. The van der Waals surface area contributed by atoms with Gasteiger partial charge in [0.05, 0.1) is 32.2 Å². The summed E-state index contributed by atoms with van der Waals surface area (Å²) in [5.41, 5.74) is -2.61. The van der Waals surface area contributed by atoms with Crippen LogP contribution in [0.5, 0.6) is 0 Å². The summed E-state index contributed by atoms with van der Waals surface area (Å²) in [6, 6.07) is -0.928. The predicted molar refractivity (Wildman–Crippen MR) is 82.8 cm³/mol. The molecule has 2 aliphatic rings. The van der Waals surface area contributed by atoms with Crippen LogP contribution in [0.25, 0.3) is 0 Å². The lowest BCUT2D eigenvalue weighted by molar-refractivity contribution is -0.0790. The SMILES string of the molecule is [B][C@@H]1C(=C)[C@H](CO[B][C@@H]2O[C@H](CO)[C@](C)(O)[C@H]2O)[C@@H](O)[C@@]1(C)O. The Bertz CT molecular complexity index is 456. The van der Waals surface area contributed by atoms with E-state index in [2.05, 4.69) is 6.58 Å². The van der Waals surface area contributed by atoms with Gasteiger partial charge in [0.25, 0.3) is 0 Å². The molecule has 0 spiro atoms. The maximum absolute atomic E-state index is 10.1. The molecule has 0 bridgehead atoms. The van der Waals surface area contributed by atoms with Crippen LogP contribution in [0.2, 0.25) is 5.82 Å². The Morgan fingerprint density at radius 2 is 1.87 bits per heavy atom. The van der Waals surface area contributed by atoms with E-state index in [9.17, 15) is 20.4 Å². The van der Waals surface area contributed by atoms with E-state index in [0.29, 0.717) is 5.57 Å². The zero-order valence-electron chi connectivity index (χ0n) is 13.3. The van der Waals surface area contributed by atoms with Crippen LogP contribution in [0.15, 0.2) is 12.2 Å². The van der Waals surface area contributed by atoms with Gasteiger partial charge in [-0.05, 0) is 19.7 Å². The number of hydrogen-bond donors (Lipinski definition) is 5. The summed E-state index contributed by atoms with van der Waals surface area (Å²) >= 11 is 0. The van der Waals surface area contributed by atoms with E-state index >= 15 is 0 Å². The molecule has 1 saturated carbocycles. The number of ether oxygens (including phenoxy) is 1. The molecule has 8 atom stereocenters. The van der Waals surface area contributed by atoms with Gasteiger partial charge >= 0.3 is 7.48 Å². The molecule has 7 nitrogen and oxygen atoms in total. The molecule has 1 saturated heterocycles. The molecule has 1 heterocycles. The van der Waals surface area contributed by atoms with Crippen LogP contribution >= 0.6 is 0 Å². The van der Waals surface area contributed by atoms with Crippen LogP contribution in [0, 0.1) is 5.92 Å². The van der Waals surface area contributed by atoms with E-state index in [1.54, 1.807) is 0 Å². The fourth-order valence-corrected chi connectivity index (χ4v) is 3.11. The second kappa shape index (κ2) is 6.48. The third kappa shape index (κ3) is 3.11. The smallest absolute Gasteiger partial charge is 0.327 e. The summed E-state index contributed by atoms with van der Waals surface area (Å²) < 4.78 is 10.7. The maximum Gasteiger partial charge on any atom is 0.327 e. The second-order valence-electron chi connectivity index (χ2n) is 6.74. The van der Waals surface area contributed by atoms with Crippen LogP contribution in [0.1, 0.15) is 13.8 Å². The summed E-state index contributed by atoms with van der Waals surface area (Å²) in [5.74, 6) is -1.33. The van der Waals surface area contributed by atoms with Crippen LogP contribution < -0.4 is 0 Å². The summed E-state index contributed by atoms with van der Waals surface area (Å²) in [6.45, 7) is 6.13. The molecule has 0 aromatic carbocycles. The molecule has 2 fully saturated rings. The minimum Gasteiger partial charge on any atom is -0.437 e. The molecular weight excluding hydrogens is 302 g/mol. The normalized spacial score (nSPS) is 50.5. The number of aliphatic hydroxyl groups is 5. The van der Waals surface area contributed by atoms with Gasteiger partial charge in [0.15, 0.2) is 0 Å². The van der Waals surface area contributed by atoms with Crippen LogP contribution in [-0.2, 0) is 9.39 Å². The molecule has 0 aromatic rings. The second-order valence-corrected chi connectivity index (χ2v) is 6.74. The quantitative estimate of drug-likeness (QED) is 0.285. The Hall–Kier alpha value is -0.410. The van der Waals surface area contributed by atoms with Crippen molar-refractivity contribution in [2.75, 3.05) is 13.2 Å². The molecule has 2 rings (SSSR count). The van der Waals surface area contributed by atoms with Crippen LogP contribution in [0.4, 0.5) is 0 Å². The monoisotopic (exact) mass is 325 g/mol. The molecule has 0 amide bonds. The van der Waals surface area contributed by atoms with Crippen molar-refractivity contribution in [3.63, 3.8) is 0 Å². The Morgan fingerprint density at radius 3 is 2.30 bits per heavy atom. The van der Waals surface area contributed by atoms with E-state index in [4.69, 9.17) is 22.3 Å². The summed E-state index contributed by atoms with van der Waals surface area (Å²) in [4.78, 5) is 0. The van der Waals surface area contributed by atoms with E-state index in [0.717, 1.165) is 0 Å². The van der Waals surface area contributed by atoms with Crippen molar-refractivity contribution in [1.82, 2.24) is 0 Å². The predicted octanol–water partition coefficient (Wildman–Crippen LogP) is -2.29. The molecule has 1 aliphatic carbocycles. The fraction of sp³-hybridized carbons (Fsp3) is 0.857. The highest BCUT2D eigenvalue weighted by molar-refractivity contribution is 6.29. The highest BCUT2D eigenvalue weighted by atomic mass is 16.6. The molecule has 127 valence electrons. The highest BCUT2D eigenvalue weighted by Crippen LogP contribution is 2.45. The van der Waals surface area contributed by atoms with Crippen molar-refractivity contribution in [2.45, 2.75) is 55.2 Å². The Kier molecular flexibility index (Phi) is 5.33. The largest absolute Gasteiger partial charge is 0.437 e. The van der Waals surface area contributed by atoms with Crippen molar-refractivity contribution in [1.29, 1.82) is 0 Å². The molecule has 23 heavy (non-hydrogen) atoms. The van der Waals surface area contributed by atoms with Crippen molar-refractivity contribution < 1.29 is 34.9 Å². The van der Waals surface area contributed by atoms with Gasteiger partial charge in [-0.15, -0.1) is 0 Å². The lowest BCUT2D eigenvalue weighted by Gasteiger charge is -2.27. The summed E-state index contributed by atoms with van der Waals surface area (Å²) in [6.07, 6.45) is -3.31. The van der Waals surface area contributed by atoms with Gasteiger partial charge in [-0.3, -0.25) is 0 Å². The number of aliphatic hydroxyl groups excluding tert-OH is 3. The zero-order chi connectivity index (χ0) is 17.6. The van der Waals surface area contributed by atoms with Gasteiger partial charge in [0.1, 0.15) is 17.8 Å². The first kappa shape index (κ1) is 18.9. The molecule has 9 heteroatoms. The molecule has 0 unspecified atom stereocenters. The Balaban J connectivity index is 1.90. The minimum atomic E-state index is -1.60. The first-order valence-electron chi connectivity index (χ1n) is 7.51. The number of hydrogen-bond acceptors (Lipinski definition) is 7. The molecule has 1 aliphatic heterocycles. The van der Waals surface area contributed by atoms with Gasteiger partial charge in [-0.2, -0.15) is 0 Å². The molecule has 5 N–H and O–H groups in total. The van der Waals surface area contributed by atoms with E-state index in [1.165, 1.54) is 21.3 Å². The Labute approximate surface area is 137 Å².